The summed E-state index contributed by atoms with van der Waals surface area (Å²) in [5.74, 6) is 1.42. The van der Waals surface area contributed by atoms with Gasteiger partial charge in [0.25, 0.3) is 5.91 Å². The first-order valence-electron chi connectivity index (χ1n) is 11.6. The van der Waals surface area contributed by atoms with Gasteiger partial charge in [-0.2, -0.15) is 5.10 Å². The van der Waals surface area contributed by atoms with Gasteiger partial charge in [0.15, 0.2) is 0 Å². The van der Waals surface area contributed by atoms with Crippen molar-refractivity contribution < 1.29 is 9.53 Å². The summed E-state index contributed by atoms with van der Waals surface area (Å²) in [7, 11) is 5.71. The van der Waals surface area contributed by atoms with Gasteiger partial charge in [-0.1, -0.05) is 0 Å². The van der Waals surface area contributed by atoms with Crippen molar-refractivity contribution in [3.8, 4) is 5.75 Å². The molecule has 1 aromatic carbocycles. The van der Waals surface area contributed by atoms with E-state index in [4.69, 9.17) is 9.72 Å². The highest BCUT2D eigenvalue weighted by molar-refractivity contribution is 7.20. The second-order valence-corrected chi connectivity index (χ2v) is 10.5. The molecule has 3 aromatic heterocycles. The largest absolute Gasteiger partial charge is 0.494 e. The van der Waals surface area contributed by atoms with Gasteiger partial charge in [0.1, 0.15) is 16.4 Å². The molecule has 8 nitrogen and oxygen atoms in total. The van der Waals surface area contributed by atoms with Crippen molar-refractivity contribution in [3.05, 3.63) is 41.4 Å². The van der Waals surface area contributed by atoms with Crippen molar-refractivity contribution in [1.82, 2.24) is 19.7 Å². The molecule has 1 atom stereocenters. The van der Waals surface area contributed by atoms with Crippen LogP contribution < -0.4 is 15.0 Å². The van der Waals surface area contributed by atoms with Crippen LogP contribution in [0.15, 0.2) is 36.5 Å². The zero-order valence-electron chi connectivity index (χ0n) is 19.7. The summed E-state index contributed by atoms with van der Waals surface area (Å²) in [4.78, 5) is 24.5. The third-order valence-electron chi connectivity index (χ3n) is 7.38. The van der Waals surface area contributed by atoms with Crippen LogP contribution in [0.3, 0.4) is 0 Å². The van der Waals surface area contributed by atoms with Crippen molar-refractivity contribution in [1.29, 1.82) is 0 Å². The Morgan fingerprint density at radius 3 is 2.82 bits per heavy atom. The number of hydrogen-bond acceptors (Lipinski definition) is 7. The van der Waals surface area contributed by atoms with E-state index in [0.717, 1.165) is 40.0 Å². The number of carbonyl (C=O) groups excluding carboxylic acids is 1. The number of aromatic nitrogens is 3. The standard InChI is InChI=1S/C25H28N6O2S/c1-29-9-4-7-25(29)8-10-31(15-25)22-6-5-16-12-21(34-24(16)27-22)23(32)26-19-11-17-14-30(2)28-18(17)13-20(19)33-3/h5-6,11-14H,4,7-10,15H2,1-3H3,(H,26,32)/t25-/m0/s1. The zero-order valence-corrected chi connectivity index (χ0v) is 20.5. The fraction of sp³-hybridized carbons (Fsp3) is 0.400. The van der Waals surface area contributed by atoms with Crippen LogP contribution in [0, 0.1) is 0 Å². The molecule has 9 heteroatoms. The van der Waals surface area contributed by atoms with Crippen molar-refractivity contribution in [2.75, 3.05) is 44.0 Å². The van der Waals surface area contributed by atoms with Crippen molar-refractivity contribution in [2.24, 2.45) is 7.05 Å². The minimum atomic E-state index is -0.168. The van der Waals surface area contributed by atoms with Crippen LogP contribution in [0.5, 0.6) is 5.75 Å². The molecule has 0 aliphatic carbocycles. The molecule has 2 aliphatic heterocycles. The maximum Gasteiger partial charge on any atom is 0.265 e. The second-order valence-electron chi connectivity index (χ2n) is 9.46. The van der Waals surface area contributed by atoms with E-state index < -0.39 is 0 Å². The molecule has 1 amide bonds. The lowest BCUT2D eigenvalue weighted by Gasteiger charge is -2.32. The Morgan fingerprint density at radius 2 is 2.03 bits per heavy atom. The van der Waals surface area contributed by atoms with E-state index in [-0.39, 0.29) is 5.91 Å². The maximum absolute atomic E-state index is 13.1. The van der Waals surface area contributed by atoms with E-state index in [2.05, 4.69) is 39.4 Å². The van der Waals surface area contributed by atoms with Crippen LogP contribution in [0.1, 0.15) is 28.9 Å². The highest BCUT2D eigenvalue weighted by Gasteiger charge is 2.44. The highest BCUT2D eigenvalue weighted by Crippen LogP contribution is 2.38. The van der Waals surface area contributed by atoms with Crippen molar-refractivity contribution in [3.63, 3.8) is 0 Å². The SMILES string of the molecule is COc1cc2nn(C)cc2cc1NC(=O)c1cc2ccc(N3CC[C@@]4(CCCN4C)C3)nc2s1. The number of carbonyl (C=O) groups is 1. The van der Waals surface area contributed by atoms with Crippen molar-refractivity contribution in [2.45, 2.75) is 24.8 Å². The molecule has 6 rings (SSSR count). The van der Waals surface area contributed by atoms with Gasteiger partial charge in [-0.3, -0.25) is 14.4 Å². The Bertz CT molecular complexity index is 1410. The number of aryl methyl sites for hydroxylation is 1. The number of fused-ring (bicyclic) bond motifs is 2. The van der Waals surface area contributed by atoms with Gasteiger partial charge < -0.3 is 15.0 Å². The molecule has 2 aliphatic rings. The number of methoxy groups -OCH3 is 1. The number of anilines is 2. The number of likely N-dealkylation sites (tertiary alicyclic amines) is 1. The van der Waals surface area contributed by atoms with E-state index in [9.17, 15) is 4.79 Å². The van der Waals surface area contributed by atoms with Crippen LogP contribution in [-0.2, 0) is 7.05 Å². The van der Waals surface area contributed by atoms with Gasteiger partial charge in [-0.15, -0.1) is 11.3 Å². The summed E-state index contributed by atoms with van der Waals surface area (Å²) in [6.45, 7) is 3.23. The van der Waals surface area contributed by atoms with Gasteiger partial charge in [0.2, 0.25) is 0 Å². The Morgan fingerprint density at radius 1 is 1.15 bits per heavy atom. The predicted octanol–water partition coefficient (Wildman–Crippen LogP) is 4.12. The fourth-order valence-electron chi connectivity index (χ4n) is 5.46. The Kier molecular flexibility index (Phi) is 5.00. The first kappa shape index (κ1) is 21.4. The first-order valence-corrected chi connectivity index (χ1v) is 12.5. The topological polar surface area (TPSA) is 75.5 Å². The molecular formula is C25H28N6O2S. The molecule has 34 heavy (non-hydrogen) atoms. The fourth-order valence-corrected chi connectivity index (χ4v) is 6.39. The molecule has 1 spiro atoms. The number of rotatable bonds is 4. The van der Waals surface area contributed by atoms with Gasteiger partial charge in [-0.25, -0.2) is 4.98 Å². The molecule has 2 fully saturated rings. The average molecular weight is 477 g/mol. The monoisotopic (exact) mass is 476 g/mol. The predicted molar refractivity (Wildman–Crippen MR) is 136 cm³/mol. The molecule has 176 valence electrons. The summed E-state index contributed by atoms with van der Waals surface area (Å²) in [5.41, 5.74) is 1.75. The highest BCUT2D eigenvalue weighted by atomic mass is 32.1. The van der Waals surface area contributed by atoms with Gasteiger partial charge in [0, 0.05) is 48.7 Å². The van der Waals surface area contributed by atoms with E-state index in [1.807, 2.05) is 31.4 Å². The number of thiophene rings is 1. The molecule has 2 saturated heterocycles. The summed E-state index contributed by atoms with van der Waals surface area (Å²) in [6, 6.07) is 9.82. The molecule has 0 saturated carbocycles. The lowest BCUT2D eigenvalue weighted by Crippen LogP contribution is -2.43. The number of hydrogen-bond donors (Lipinski definition) is 1. The summed E-state index contributed by atoms with van der Waals surface area (Å²) >= 11 is 1.43. The molecule has 0 bridgehead atoms. The van der Waals surface area contributed by atoms with Crippen LogP contribution in [-0.4, -0.2) is 64.9 Å². The molecule has 5 heterocycles. The normalized spacial score (nSPS) is 20.7. The second kappa shape index (κ2) is 7.95. The maximum atomic E-state index is 13.1. The number of likely N-dealkylation sites (N-methyl/N-ethyl adjacent to an activating group) is 1. The molecule has 0 radical (unpaired) electrons. The Balaban J connectivity index is 1.24. The minimum absolute atomic E-state index is 0.168. The zero-order chi connectivity index (χ0) is 23.4. The lowest BCUT2D eigenvalue weighted by molar-refractivity contribution is 0.103. The number of pyridine rings is 1. The number of benzene rings is 1. The number of ether oxygens (including phenoxy) is 1. The first-order chi connectivity index (χ1) is 16.4. The van der Waals surface area contributed by atoms with Crippen LogP contribution in [0.4, 0.5) is 11.5 Å². The molecular weight excluding hydrogens is 448 g/mol. The summed E-state index contributed by atoms with van der Waals surface area (Å²) in [5, 5.41) is 9.35. The third kappa shape index (κ3) is 3.50. The smallest absolute Gasteiger partial charge is 0.265 e. The Hall–Kier alpha value is -3.17. The summed E-state index contributed by atoms with van der Waals surface area (Å²) in [6.07, 6.45) is 5.64. The average Bonchev–Trinajstić information content (AvgIpc) is 3.59. The number of amides is 1. The van der Waals surface area contributed by atoms with E-state index in [0.29, 0.717) is 21.9 Å². The summed E-state index contributed by atoms with van der Waals surface area (Å²) < 4.78 is 7.24. The van der Waals surface area contributed by atoms with Gasteiger partial charge >= 0.3 is 0 Å². The van der Waals surface area contributed by atoms with Gasteiger partial charge in [-0.05, 0) is 57.1 Å². The lowest BCUT2D eigenvalue weighted by atomic mass is 9.96. The van der Waals surface area contributed by atoms with Crippen LogP contribution in [0.2, 0.25) is 0 Å². The van der Waals surface area contributed by atoms with E-state index in [1.165, 1.54) is 37.1 Å². The number of nitrogens with one attached hydrogen (secondary N) is 1. The van der Waals surface area contributed by atoms with Crippen LogP contribution in [0.25, 0.3) is 21.1 Å². The Labute approximate surface area is 202 Å². The minimum Gasteiger partial charge on any atom is -0.494 e. The molecule has 1 N–H and O–H groups in total. The number of nitrogens with zero attached hydrogens (tertiary/aromatic N) is 5. The third-order valence-corrected chi connectivity index (χ3v) is 8.43. The van der Waals surface area contributed by atoms with Crippen LogP contribution >= 0.6 is 11.3 Å². The molecule has 4 aromatic rings. The molecule has 0 unspecified atom stereocenters. The van der Waals surface area contributed by atoms with E-state index >= 15 is 0 Å². The quantitative estimate of drug-likeness (QED) is 0.478. The van der Waals surface area contributed by atoms with Crippen molar-refractivity contribution >= 4 is 49.9 Å². The van der Waals surface area contributed by atoms with E-state index in [1.54, 1.807) is 11.8 Å². The van der Waals surface area contributed by atoms with Gasteiger partial charge in [0.05, 0.1) is 23.2 Å².